The Bertz CT molecular complexity index is 619. The average molecular weight is 356 g/mol. The van der Waals surface area contributed by atoms with Crippen molar-refractivity contribution in [1.82, 2.24) is 4.90 Å². The summed E-state index contributed by atoms with van der Waals surface area (Å²) in [6.07, 6.45) is 0.965. The largest absolute Gasteiger partial charge is 0.478 e. The van der Waals surface area contributed by atoms with E-state index < -0.39 is 17.7 Å². The van der Waals surface area contributed by atoms with Crippen LogP contribution in [-0.4, -0.2) is 48.2 Å². The molecule has 25 heavy (non-hydrogen) atoms. The molecule has 0 saturated carbocycles. The van der Waals surface area contributed by atoms with Crippen molar-refractivity contribution in [2.75, 3.05) is 31.1 Å². The lowest BCUT2D eigenvalue weighted by Crippen LogP contribution is -2.46. The lowest BCUT2D eigenvalue weighted by molar-refractivity contribution is -0.137. The smallest absolute Gasteiger partial charge is 0.416 e. The van der Waals surface area contributed by atoms with Gasteiger partial charge in [0.2, 0.25) is 0 Å². The van der Waals surface area contributed by atoms with E-state index in [0.717, 1.165) is 32.0 Å². The van der Waals surface area contributed by atoms with Crippen LogP contribution < -0.4 is 4.90 Å². The van der Waals surface area contributed by atoms with Crippen molar-refractivity contribution >= 4 is 11.7 Å². The summed E-state index contributed by atoms with van der Waals surface area (Å²) in [5, 5.41) is 9.12. The van der Waals surface area contributed by atoms with Gasteiger partial charge in [-0.2, -0.15) is 13.2 Å². The monoisotopic (exact) mass is 356 g/mol. The zero-order valence-corrected chi connectivity index (χ0v) is 14.1. The Morgan fingerprint density at radius 1 is 1.00 bits per heavy atom. The molecule has 2 fully saturated rings. The Balaban J connectivity index is 1.74. The molecule has 1 N–H and O–H groups in total. The molecule has 0 spiro atoms. The third-order valence-corrected chi connectivity index (χ3v) is 5.23. The number of halogens is 3. The van der Waals surface area contributed by atoms with Gasteiger partial charge in [0.15, 0.2) is 0 Å². The van der Waals surface area contributed by atoms with Gasteiger partial charge in [0.05, 0.1) is 11.1 Å². The van der Waals surface area contributed by atoms with Gasteiger partial charge in [-0.15, -0.1) is 0 Å². The van der Waals surface area contributed by atoms with Crippen LogP contribution in [0, 0.1) is 0 Å². The Morgan fingerprint density at radius 2 is 1.64 bits per heavy atom. The number of hydrogen-bond acceptors (Lipinski definition) is 3. The second-order valence-corrected chi connectivity index (χ2v) is 6.89. The molecule has 0 atom stereocenters. The standard InChI is InChI=1S/C18H23F3N2O2/c19-18(20,21)14-10-13(17(24)25)11-16(12-14)23-8-4-15(5-9-23)22-6-2-1-3-7-22/h10-12,15H,1-9H2,(H,24,25). The number of piperidine rings is 2. The molecule has 0 amide bonds. The fourth-order valence-corrected chi connectivity index (χ4v) is 3.85. The average Bonchev–Trinajstić information content (AvgIpc) is 2.61. The molecule has 0 aromatic heterocycles. The van der Waals surface area contributed by atoms with E-state index in [1.165, 1.54) is 25.3 Å². The number of carboxylic acids is 1. The van der Waals surface area contributed by atoms with Gasteiger partial charge in [-0.25, -0.2) is 4.79 Å². The predicted octanol–water partition coefficient (Wildman–Crippen LogP) is 3.86. The van der Waals surface area contributed by atoms with Gasteiger partial charge in [-0.05, 0) is 57.0 Å². The first-order valence-corrected chi connectivity index (χ1v) is 8.79. The van der Waals surface area contributed by atoms with Crippen LogP contribution in [0.15, 0.2) is 18.2 Å². The fraction of sp³-hybridized carbons (Fsp3) is 0.611. The first-order chi connectivity index (χ1) is 11.8. The third-order valence-electron chi connectivity index (χ3n) is 5.23. The molecule has 2 aliphatic rings. The number of benzene rings is 1. The molecule has 3 rings (SSSR count). The number of hydrogen-bond donors (Lipinski definition) is 1. The Labute approximate surface area is 145 Å². The number of carboxylic acid groups (broad SMARTS) is 1. The third kappa shape index (κ3) is 4.26. The van der Waals surface area contributed by atoms with E-state index in [1.54, 1.807) is 0 Å². The van der Waals surface area contributed by atoms with Crippen LogP contribution >= 0.6 is 0 Å². The van der Waals surface area contributed by atoms with Crippen molar-refractivity contribution in [2.45, 2.75) is 44.3 Å². The van der Waals surface area contributed by atoms with Gasteiger partial charge in [-0.3, -0.25) is 0 Å². The van der Waals surface area contributed by atoms with E-state index in [-0.39, 0.29) is 5.56 Å². The minimum atomic E-state index is -4.55. The summed E-state index contributed by atoms with van der Waals surface area (Å²) >= 11 is 0. The Hall–Kier alpha value is -1.76. The van der Waals surface area contributed by atoms with E-state index >= 15 is 0 Å². The molecule has 7 heteroatoms. The van der Waals surface area contributed by atoms with Crippen molar-refractivity contribution < 1.29 is 23.1 Å². The highest BCUT2D eigenvalue weighted by atomic mass is 19.4. The molecule has 2 saturated heterocycles. The maximum atomic E-state index is 13.1. The number of rotatable bonds is 3. The van der Waals surface area contributed by atoms with Crippen LogP contribution in [0.1, 0.15) is 48.0 Å². The lowest BCUT2D eigenvalue weighted by atomic mass is 9.99. The zero-order chi connectivity index (χ0) is 18.0. The summed E-state index contributed by atoms with van der Waals surface area (Å²) < 4.78 is 39.2. The van der Waals surface area contributed by atoms with Crippen molar-refractivity contribution in [3.63, 3.8) is 0 Å². The number of likely N-dealkylation sites (tertiary alicyclic amines) is 1. The van der Waals surface area contributed by atoms with E-state index in [9.17, 15) is 18.0 Å². The van der Waals surface area contributed by atoms with Crippen LogP contribution in [0.3, 0.4) is 0 Å². The summed E-state index contributed by atoms with van der Waals surface area (Å²) in [5.74, 6) is -1.34. The van der Waals surface area contributed by atoms with E-state index in [4.69, 9.17) is 5.11 Å². The highest BCUT2D eigenvalue weighted by molar-refractivity contribution is 5.89. The van der Waals surface area contributed by atoms with Crippen molar-refractivity contribution in [3.05, 3.63) is 29.3 Å². The zero-order valence-electron chi connectivity index (χ0n) is 14.1. The van der Waals surface area contributed by atoms with Gasteiger partial charge >= 0.3 is 12.1 Å². The minimum Gasteiger partial charge on any atom is -0.478 e. The maximum Gasteiger partial charge on any atom is 0.416 e. The summed E-state index contributed by atoms with van der Waals surface area (Å²) in [5.41, 5.74) is -0.868. The van der Waals surface area contributed by atoms with Crippen LogP contribution in [0.4, 0.5) is 18.9 Å². The van der Waals surface area contributed by atoms with Gasteiger partial charge in [0.1, 0.15) is 0 Å². The first kappa shape index (κ1) is 18.0. The molecule has 2 aliphatic heterocycles. The molecular formula is C18H23F3N2O2. The summed E-state index contributed by atoms with van der Waals surface area (Å²) in [4.78, 5) is 15.6. The van der Waals surface area contributed by atoms with E-state index in [2.05, 4.69) is 4.90 Å². The topological polar surface area (TPSA) is 43.8 Å². The van der Waals surface area contributed by atoms with Crippen LogP contribution in [0.25, 0.3) is 0 Å². The molecule has 138 valence electrons. The Morgan fingerprint density at radius 3 is 2.20 bits per heavy atom. The van der Waals surface area contributed by atoms with Gasteiger partial charge in [0, 0.05) is 24.8 Å². The molecule has 1 aromatic carbocycles. The number of nitrogens with zero attached hydrogens (tertiary/aromatic N) is 2. The number of carbonyl (C=O) groups is 1. The molecule has 4 nitrogen and oxygen atoms in total. The maximum absolute atomic E-state index is 13.1. The van der Waals surface area contributed by atoms with Gasteiger partial charge < -0.3 is 14.9 Å². The normalized spacial score (nSPS) is 20.7. The summed E-state index contributed by atoms with van der Waals surface area (Å²) in [7, 11) is 0. The molecule has 0 unspecified atom stereocenters. The summed E-state index contributed by atoms with van der Waals surface area (Å²) in [6.45, 7) is 3.53. The van der Waals surface area contributed by atoms with Gasteiger partial charge in [-0.1, -0.05) is 6.42 Å². The number of alkyl halides is 3. The van der Waals surface area contributed by atoms with Crippen LogP contribution in [0.5, 0.6) is 0 Å². The highest BCUT2D eigenvalue weighted by Crippen LogP contribution is 2.34. The summed E-state index contributed by atoms with van der Waals surface area (Å²) in [6, 6.07) is 3.60. The predicted molar refractivity (Wildman–Crippen MR) is 89.1 cm³/mol. The van der Waals surface area contributed by atoms with Crippen LogP contribution in [0.2, 0.25) is 0 Å². The molecule has 1 aromatic rings. The van der Waals surface area contributed by atoms with Crippen molar-refractivity contribution in [1.29, 1.82) is 0 Å². The number of anilines is 1. The minimum absolute atomic E-state index is 0.317. The molecule has 0 bridgehead atoms. The number of aromatic carboxylic acids is 1. The highest BCUT2D eigenvalue weighted by Gasteiger charge is 2.33. The van der Waals surface area contributed by atoms with Gasteiger partial charge in [0.25, 0.3) is 0 Å². The van der Waals surface area contributed by atoms with Crippen molar-refractivity contribution in [2.24, 2.45) is 0 Å². The molecule has 0 radical (unpaired) electrons. The molecule has 2 heterocycles. The van der Waals surface area contributed by atoms with Crippen LogP contribution in [-0.2, 0) is 6.18 Å². The SMILES string of the molecule is O=C(O)c1cc(N2CCC(N3CCCCC3)CC2)cc(C(F)(F)F)c1. The van der Waals surface area contributed by atoms with E-state index in [1.807, 2.05) is 4.90 Å². The quantitative estimate of drug-likeness (QED) is 0.893. The molecule has 0 aliphatic carbocycles. The molecular weight excluding hydrogens is 333 g/mol. The Kier molecular flexibility index (Phi) is 5.22. The second kappa shape index (κ2) is 7.23. The lowest BCUT2D eigenvalue weighted by Gasteiger charge is -2.41. The first-order valence-electron chi connectivity index (χ1n) is 8.79. The fourth-order valence-electron chi connectivity index (χ4n) is 3.85. The van der Waals surface area contributed by atoms with Crippen molar-refractivity contribution in [3.8, 4) is 0 Å². The second-order valence-electron chi connectivity index (χ2n) is 6.89. The van der Waals surface area contributed by atoms with E-state index in [0.29, 0.717) is 30.9 Å².